The number of aliphatic hydroxyl groups is 2. The maximum absolute atomic E-state index is 8.41. The summed E-state index contributed by atoms with van der Waals surface area (Å²) in [5.74, 6) is -1.24. The van der Waals surface area contributed by atoms with Crippen LogP contribution >= 0.6 is 0 Å². The van der Waals surface area contributed by atoms with Gasteiger partial charge >= 0.3 is 11.9 Å². The van der Waals surface area contributed by atoms with E-state index in [1.165, 1.54) is 14.2 Å². The lowest BCUT2D eigenvalue weighted by Crippen LogP contribution is -1.93. The molecular formula is C4H8O4. The monoisotopic (exact) mass is 120 g/mol. The summed E-state index contributed by atoms with van der Waals surface area (Å²) in [4.78, 5) is 0. The van der Waals surface area contributed by atoms with Gasteiger partial charge in [-0.05, 0) is 0 Å². The first-order valence-electron chi connectivity index (χ1n) is 1.92. The standard InChI is InChI=1S/C4H8O4/c1-7-3(5)4(6)8-2/h5-6H,1-2H3. The molecule has 0 saturated carbocycles. The fourth-order valence-corrected chi connectivity index (χ4v) is 0.175. The minimum absolute atomic E-state index is 0.618. The summed E-state index contributed by atoms with van der Waals surface area (Å²) in [6.45, 7) is 0. The van der Waals surface area contributed by atoms with Crippen LogP contribution in [0.3, 0.4) is 0 Å². The highest BCUT2D eigenvalue weighted by Crippen LogP contribution is 1.95. The van der Waals surface area contributed by atoms with Crippen LogP contribution in [0, 0.1) is 0 Å². The summed E-state index contributed by atoms with van der Waals surface area (Å²) in [6.07, 6.45) is 0. The van der Waals surface area contributed by atoms with Crippen molar-refractivity contribution in [3.05, 3.63) is 11.9 Å². The van der Waals surface area contributed by atoms with E-state index in [-0.39, 0.29) is 0 Å². The molecule has 0 aliphatic carbocycles. The minimum atomic E-state index is -0.618. The first-order chi connectivity index (χ1) is 3.72. The third-order valence-electron chi connectivity index (χ3n) is 0.570. The number of ether oxygens (including phenoxy) is 2. The lowest BCUT2D eigenvalue weighted by atomic mass is 10.9. The van der Waals surface area contributed by atoms with Gasteiger partial charge in [-0.2, -0.15) is 0 Å². The lowest BCUT2D eigenvalue weighted by Gasteiger charge is -1.98. The third-order valence-corrected chi connectivity index (χ3v) is 0.570. The fourth-order valence-electron chi connectivity index (χ4n) is 0.175. The second kappa shape index (κ2) is 3.01. The Balaban J connectivity index is 3.83. The molecule has 0 radical (unpaired) electrons. The van der Waals surface area contributed by atoms with Crippen LogP contribution in [-0.4, -0.2) is 24.4 Å². The van der Waals surface area contributed by atoms with E-state index < -0.39 is 11.9 Å². The van der Waals surface area contributed by atoms with E-state index in [1.807, 2.05) is 0 Å². The topological polar surface area (TPSA) is 58.9 Å². The largest absolute Gasteiger partial charge is 0.476 e. The number of rotatable bonds is 2. The molecule has 0 rings (SSSR count). The van der Waals surface area contributed by atoms with Gasteiger partial charge in [-0.25, -0.2) is 0 Å². The maximum atomic E-state index is 8.41. The molecular weight excluding hydrogens is 112 g/mol. The van der Waals surface area contributed by atoms with Crippen LogP contribution in [0.15, 0.2) is 11.9 Å². The molecule has 4 nitrogen and oxygen atoms in total. The van der Waals surface area contributed by atoms with E-state index in [2.05, 4.69) is 9.47 Å². The SMILES string of the molecule is COC(O)=C(O)OC. The molecule has 0 bridgehead atoms. The molecule has 0 aliphatic heterocycles. The van der Waals surface area contributed by atoms with Crippen LogP contribution in [0.1, 0.15) is 0 Å². The van der Waals surface area contributed by atoms with Crippen LogP contribution in [0.5, 0.6) is 0 Å². The van der Waals surface area contributed by atoms with Crippen molar-refractivity contribution < 1.29 is 19.7 Å². The second-order valence-corrected chi connectivity index (χ2v) is 1.02. The molecule has 0 aromatic carbocycles. The Morgan fingerprint density at radius 1 is 1.00 bits per heavy atom. The summed E-state index contributed by atoms with van der Waals surface area (Å²) in [5, 5.41) is 16.8. The van der Waals surface area contributed by atoms with Crippen LogP contribution in [0.4, 0.5) is 0 Å². The van der Waals surface area contributed by atoms with Gasteiger partial charge in [-0.15, -0.1) is 0 Å². The van der Waals surface area contributed by atoms with Gasteiger partial charge in [0.05, 0.1) is 14.2 Å². The maximum Gasteiger partial charge on any atom is 0.361 e. The highest BCUT2D eigenvalue weighted by atomic mass is 16.6. The number of methoxy groups -OCH3 is 2. The van der Waals surface area contributed by atoms with Gasteiger partial charge in [0.25, 0.3) is 0 Å². The van der Waals surface area contributed by atoms with E-state index in [1.54, 1.807) is 0 Å². The first kappa shape index (κ1) is 6.94. The van der Waals surface area contributed by atoms with Crippen molar-refractivity contribution in [2.75, 3.05) is 14.2 Å². The zero-order valence-electron chi connectivity index (χ0n) is 4.71. The molecule has 48 valence electrons. The quantitative estimate of drug-likeness (QED) is 0.521. The van der Waals surface area contributed by atoms with Gasteiger partial charge in [0.1, 0.15) is 0 Å². The molecule has 0 heterocycles. The molecule has 4 heteroatoms. The number of hydrogen-bond donors (Lipinski definition) is 2. The molecule has 0 aromatic rings. The molecule has 0 aromatic heterocycles. The van der Waals surface area contributed by atoms with E-state index in [9.17, 15) is 0 Å². The summed E-state index contributed by atoms with van der Waals surface area (Å²) in [5.41, 5.74) is 0. The smallest absolute Gasteiger partial charge is 0.361 e. The Morgan fingerprint density at radius 2 is 1.25 bits per heavy atom. The highest BCUT2D eigenvalue weighted by molar-refractivity contribution is 4.79. The van der Waals surface area contributed by atoms with E-state index in [0.717, 1.165) is 0 Å². The lowest BCUT2D eigenvalue weighted by molar-refractivity contribution is 0.0429. The van der Waals surface area contributed by atoms with E-state index >= 15 is 0 Å². The first-order valence-corrected chi connectivity index (χ1v) is 1.92. The predicted molar refractivity (Wildman–Crippen MR) is 26.3 cm³/mol. The molecule has 8 heavy (non-hydrogen) atoms. The van der Waals surface area contributed by atoms with Crippen molar-refractivity contribution in [1.29, 1.82) is 0 Å². The molecule has 0 aliphatic rings. The predicted octanol–water partition coefficient (Wildman–Crippen LogP) is 0.522. The Kier molecular flexibility index (Phi) is 2.61. The molecule has 0 atom stereocenters. The van der Waals surface area contributed by atoms with Crippen molar-refractivity contribution in [3.63, 3.8) is 0 Å². The third kappa shape index (κ3) is 1.59. The van der Waals surface area contributed by atoms with Crippen molar-refractivity contribution in [3.8, 4) is 0 Å². The molecule has 0 amide bonds. The molecule has 0 fully saturated rings. The molecule has 2 N–H and O–H groups in total. The highest BCUT2D eigenvalue weighted by Gasteiger charge is 1.99. The minimum Gasteiger partial charge on any atom is -0.476 e. The van der Waals surface area contributed by atoms with Gasteiger partial charge < -0.3 is 19.7 Å². The van der Waals surface area contributed by atoms with E-state index in [4.69, 9.17) is 10.2 Å². The Bertz CT molecular complexity index is 84.2. The van der Waals surface area contributed by atoms with Crippen molar-refractivity contribution in [2.45, 2.75) is 0 Å². The second-order valence-electron chi connectivity index (χ2n) is 1.02. The van der Waals surface area contributed by atoms with Crippen LogP contribution in [-0.2, 0) is 9.47 Å². The molecule has 0 spiro atoms. The number of aliphatic hydroxyl groups excluding tert-OH is 2. The Labute approximate surface area is 47.0 Å². The van der Waals surface area contributed by atoms with Gasteiger partial charge in [-0.3, -0.25) is 0 Å². The van der Waals surface area contributed by atoms with Gasteiger partial charge in [-0.1, -0.05) is 0 Å². The molecule has 0 unspecified atom stereocenters. The van der Waals surface area contributed by atoms with Gasteiger partial charge in [0.2, 0.25) is 0 Å². The number of hydrogen-bond acceptors (Lipinski definition) is 4. The Morgan fingerprint density at radius 3 is 1.38 bits per heavy atom. The zero-order chi connectivity index (χ0) is 6.57. The van der Waals surface area contributed by atoms with Gasteiger partial charge in [0.15, 0.2) is 0 Å². The van der Waals surface area contributed by atoms with Crippen molar-refractivity contribution in [2.24, 2.45) is 0 Å². The average Bonchev–Trinajstić information content (AvgIpc) is 1.84. The van der Waals surface area contributed by atoms with Crippen LogP contribution < -0.4 is 0 Å². The summed E-state index contributed by atoms with van der Waals surface area (Å²) >= 11 is 0. The summed E-state index contributed by atoms with van der Waals surface area (Å²) < 4.78 is 8.33. The Hall–Kier alpha value is -1.06. The normalized spacial score (nSPS) is 12.2. The zero-order valence-corrected chi connectivity index (χ0v) is 4.71. The summed E-state index contributed by atoms with van der Waals surface area (Å²) in [7, 11) is 2.43. The summed E-state index contributed by atoms with van der Waals surface area (Å²) in [6, 6.07) is 0. The molecule has 0 saturated heterocycles. The fraction of sp³-hybridized carbons (Fsp3) is 0.500. The van der Waals surface area contributed by atoms with Crippen LogP contribution in [0.25, 0.3) is 0 Å². The van der Waals surface area contributed by atoms with Crippen molar-refractivity contribution in [1.82, 2.24) is 0 Å². The van der Waals surface area contributed by atoms with Crippen molar-refractivity contribution >= 4 is 0 Å². The van der Waals surface area contributed by atoms with Crippen LogP contribution in [0.2, 0.25) is 0 Å². The average molecular weight is 120 g/mol. The van der Waals surface area contributed by atoms with E-state index in [0.29, 0.717) is 0 Å². The van der Waals surface area contributed by atoms with Gasteiger partial charge in [0, 0.05) is 0 Å².